The normalized spacial score (nSPS) is 16.7. The third kappa shape index (κ3) is 3.11. The molecule has 0 bridgehead atoms. The lowest BCUT2D eigenvalue weighted by Crippen LogP contribution is -2.39. The van der Waals surface area contributed by atoms with Gasteiger partial charge in [0.2, 0.25) is 0 Å². The van der Waals surface area contributed by atoms with Crippen molar-refractivity contribution in [1.82, 2.24) is 29.8 Å². The molecule has 0 fully saturated rings. The number of H-pyrrole nitrogens is 1. The van der Waals surface area contributed by atoms with Crippen molar-refractivity contribution in [2.45, 2.75) is 32.5 Å². The summed E-state index contributed by atoms with van der Waals surface area (Å²) in [7, 11) is 2.08. The van der Waals surface area contributed by atoms with Crippen LogP contribution in [-0.2, 0) is 32.5 Å². The van der Waals surface area contributed by atoms with Crippen LogP contribution in [0.2, 0.25) is 0 Å². The molecule has 0 atom stereocenters. The second kappa shape index (κ2) is 6.91. The van der Waals surface area contributed by atoms with E-state index in [1.807, 2.05) is 27.8 Å². The van der Waals surface area contributed by atoms with E-state index in [1.54, 1.807) is 0 Å². The van der Waals surface area contributed by atoms with Crippen LogP contribution in [0.15, 0.2) is 36.4 Å². The number of benzene rings is 1. The Bertz CT molecular complexity index is 1010. The van der Waals surface area contributed by atoms with E-state index in [4.69, 9.17) is 5.10 Å². The smallest absolute Gasteiger partial charge is 0.275 e. The summed E-state index contributed by atoms with van der Waals surface area (Å²) in [6.07, 6.45) is 1.73. The van der Waals surface area contributed by atoms with E-state index in [9.17, 15) is 4.79 Å². The minimum absolute atomic E-state index is 0.0184. The first-order valence-electron chi connectivity index (χ1n) is 9.81. The molecular formula is C21H24N6O. The standard InChI is InChI=1S/C21H24N6O/c1-25-8-7-19-18(14-25)20(23-22-19)21(28)26-9-10-27-17(13-26)12-16(24-27)11-15-5-3-2-4-6-15/h2-6,12H,7-11,13-14H2,1H3,(H,22,23). The number of nitrogens with one attached hydrogen (secondary N) is 1. The Hall–Kier alpha value is -2.93. The second-order valence-electron chi connectivity index (χ2n) is 7.76. The molecule has 5 rings (SSSR count). The van der Waals surface area contributed by atoms with Crippen LogP contribution >= 0.6 is 0 Å². The van der Waals surface area contributed by atoms with Gasteiger partial charge in [0, 0.05) is 43.7 Å². The van der Waals surface area contributed by atoms with Gasteiger partial charge in [-0.15, -0.1) is 0 Å². The van der Waals surface area contributed by atoms with Gasteiger partial charge in [0.05, 0.1) is 24.5 Å². The number of aromatic amines is 1. The number of carbonyl (C=O) groups is 1. The molecule has 1 amide bonds. The molecule has 4 heterocycles. The van der Waals surface area contributed by atoms with Crippen LogP contribution in [0.5, 0.6) is 0 Å². The maximum Gasteiger partial charge on any atom is 0.275 e. The Balaban J connectivity index is 1.33. The van der Waals surface area contributed by atoms with Gasteiger partial charge in [0.15, 0.2) is 5.69 Å². The fraction of sp³-hybridized carbons (Fsp3) is 0.381. The molecule has 0 saturated heterocycles. The molecule has 7 heteroatoms. The van der Waals surface area contributed by atoms with Crippen molar-refractivity contribution in [3.05, 3.63) is 70.3 Å². The van der Waals surface area contributed by atoms with E-state index in [2.05, 4.69) is 40.3 Å². The van der Waals surface area contributed by atoms with Crippen molar-refractivity contribution in [2.75, 3.05) is 20.1 Å². The molecule has 0 saturated carbocycles. The molecule has 28 heavy (non-hydrogen) atoms. The molecule has 2 aliphatic heterocycles. The maximum atomic E-state index is 13.1. The molecule has 0 radical (unpaired) electrons. The lowest BCUT2D eigenvalue weighted by Gasteiger charge is -2.28. The second-order valence-corrected chi connectivity index (χ2v) is 7.76. The van der Waals surface area contributed by atoms with Crippen molar-refractivity contribution >= 4 is 5.91 Å². The van der Waals surface area contributed by atoms with Gasteiger partial charge in [-0.3, -0.25) is 14.6 Å². The molecule has 2 aliphatic rings. The van der Waals surface area contributed by atoms with Gasteiger partial charge in [-0.25, -0.2) is 0 Å². The SMILES string of the molecule is CN1CCc2[nH]nc(C(=O)N3CCn4nc(Cc5ccccc5)cc4C3)c2C1. The molecule has 1 N–H and O–H groups in total. The Kier molecular flexibility index (Phi) is 4.24. The lowest BCUT2D eigenvalue weighted by molar-refractivity contribution is 0.0697. The number of nitrogens with zero attached hydrogens (tertiary/aromatic N) is 5. The molecule has 0 aliphatic carbocycles. The summed E-state index contributed by atoms with van der Waals surface area (Å²) in [5.41, 5.74) is 6.13. The number of hydrogen-bond donors (Lipinski definition) is 1. The van der Waals surface area contributed by atoms with Gasteiger partial charge in [0.1, 0.15) is 0 Å². The van der Waals surface area contributed by atoms with E-state index in [0.717, 1.165) is 55.1 Å². The largest absolute Gasteiger partial charge is 0.329 e. The summed E-state index contributed by atoms with van der Waals surface area (Å²) >= 11 is 0. The van der Waals surface area contributed by atoms with Crippen LogP contribution in [0.4, 0.5) is 0 Å². The van der Waals surface area contributed by atoms with E-state index in [-0.39, 0.29) is 5.91 Å². The van der Waals surface area contributed by atoms with E-state index in [1.165, 1.54) is 5.56 Å². The highest BCUT2D eigenvalue weighted by atomic mass is 16.2. The zero-order chi connectivity index (χ0) is 19.1. The average Bonchev–Trinajstić information content (AvgIpc) is 3.30. The number of carbonyl (C=O) groups excluding carboxylic acids is 1. The van der Waals surface area contributed by atoms with Crippen molar-refractivity contribution in [3.8, 4) is 0 Å². The highest BCUT2D eigenvalue weighted by molar-refractivity contribution is 5.94. The molecule has 3 aromatic rings. The van der Waals surface area contributed by atoms with Gasteiger partial charge in [-0.05, 0) is 18.7 Å². The Labute approximate surface area is 164 Å². The van der Waals surface area contributed by atoms with Crippen molar-refractivity contribution in [2.24, 2.45) is 0 Å². The number of hydrogen-bond acceptors (Lipinski definition) is 4. The summed E-state index contributed by atoms with van der Waals surface area (Å²) in [6.45, 7) is 3.74. The van der Waals surface area contributed by atoms with Gasteiger partial charge in [-0.2, -0.15) is 10.2 Å². The fourth-order valence-corrected chi connectivity index (χ4v) is 4.15. The molecule has 2 aromatic heterocycles. The third-order valence-electron chi connectivity index (χ3n) is 5.69. The molecule has 144 valence electrons. The monoisotopic (exact) mass is 376 g/mol. The van der Waals surface area contributed by atoms with Crippen LogP contribution in [0, 0.1) is 0 Å². The predicted octanol–water partition coefficient (Wildman–Crippen LogP) is 1.84. The first-order valence-corrected chi connectivity index (χ1v) is 9.81. The van der Waals surface area contributed by atoms with Gasteiger partial charge in [0.25, 0.3) is 5.91 Å². The van der Waals surface area contributed by atoms with Crippen LogP contribution in [0.1, 0.15) is 38.7 Å². The minimum atomic E-state index is 0.0184. The zero-order valence-corrected chi connectivity index (χ0v) is 16.1. The summed E-state index contributed by atoms with van der Waals surface area (Å²) < 4.78 is 2.04. The Morgan fingerprint density at radius 3 is 2.86 bits per heavy atom. The van der Waals surface area contributed by atoms with Crippen molar-refractivity contribution in [1.29, 1.82) is 0 Å². The van der Waals surface area contributed by atoms with E-state index < -0.39 is 0 Å². The Morgan fingerprint density at radius 1 is 1.14 bits per heavy atom. The van der Waals surface area contributed by atoms with Crippen LogP contribution < -0.4 is 0 Å². The number of likely N-dealkylation sites (N-methyl/N-ethyl adjacent to an activating group) is 1. The van der Waals surface area contributed by atoms with Crippen molar-refractivity contribution in [3.63, 3.8) is 0 Å². The summed E-state index contributed by atoms with van der Waals surface area (Å²) in [5.74, 6) is 0.0184. The number of fused-ring (bicyclic) bond motifs is 2. The topological polar surface area (TPSA) is 70.1 Å². The first-order chi connectivity index (χ1) is 13.7. The number of aromatic nitrogens is 4. The minimum Gasteiger partial charge on any atom is -0.329 e. The predicted molar refractivity (Wildman–Crippen MR) is 105 cm³/mol. The molecule has 1 aromatic carbocycles. The summed E-state index contributed by atoms with van der Waals surface area (Å²) in [4.78, 5) is 17.3. The zero-order valence-electron chi connectivity index (χ0n) is 16.1. The van der Waals surface area contributed by atoms with E-state index in [0.29, 0.717) is 18.8 Å². The first kappa shape index (κ1) is 17.2. The molecule has 7 nitrogen and oxygen atoms in total. The van der Waals surface area contributed by atoms with Gasteiger partial charge < -0.3 is 9.80 Å². The van der Waals surface area contributed by atoms with Crippen LogP contribution in [0.25, 0.3) is 0 Å². The summed E-state index contributed by atoms with van der Waals surface area (Å²) in [6, 6.07) is 12.5. The highest BCUT2D eigenvalue weighted by Crippen LogP contribution is 2.23. The Morgan fingerprint density at radius 2 is 2.00 bits per heavy atom. The number of rotatable bonds is 3. The maximum absolute atomic E-state index is 13.1. The molecule has 0 unspecified atom stereocenters. The average molecular weight is 376 g/mol. The van der Waals surface area contributed by atoms with Crippen molar-refractivity contribution < 1.29 is 4.79 Å². The van der Waals surface area contributed by atoms with Crippen LogP contribution in [0.3, 0.4) is 0 Å². The van der Waals surface area contributed by atoms with E-state index >= 15 is 0 Å². The molecule has 0 spiro atoms. The van der Waals surface area contributed by atoms with Gasteiger partial charge >= 0.3 is 0 Å². The quantitative estimate of drug-likeness (QED) is 0.757. The fourth-order valence-electron chi connectivity index (χ4n) is 4.15. The lowest BCUT2D eigenvalue weighted by atomic mass is 10.0. The molecular weight excluding hydrogens is 352 g/mol. The van der Waals surface area contributed by atoms with Gasteiger partial charge in [-0.1, -0.05) is 30.3 Å². The highest BCUT2D eigenvalue weighted by Gasteiger charge is 2.29. The summed E-state index contributed by atoms with van der Waals surface area (Å²) in [5, 5.41) is 12.2. The van der Waals surface area contributed by atoms with Crippen LogP contribution in [-0.4, -0.2) is 55.8 Å². The third-order valence-corrected chi connectivity index (χ3v) is 5.69. The number of amides is 1.